The molecule has 0 saturated carbocycles. The van der Waals surface area contributed by atoms with Crippen LogP contribution in [-0.4, -0.2) is 73.7 Å². The van der Waals surface area contributed by atoms with Crippen LogP contribution in [0.15, 0.2) is 48.1 Å². The molecule has 0 bridgehead atoms. The van der Waals surface area contributed by atoms with Crippen molar-refractivity contribution in [3.8, 4) is 21.8 Å². The van der Waals surface area contributed by atoms with Gasteiger partial charge in [-0.05, 0) is 62.5 Å². The number of hydrogen-bond donors (Lipinski definition) is 1. The Bertz CT molecular complexity index is 1360. The summed E-state index contributed by atoms with van der Waals surface area (Å²) in [4.78, 5) is 28.8. The molecule has 0 aliphatic carbocycles. The number of carbonyl (C=O) groups excluding carboxylic acids is 1. The van der Waals surface area contributed by atoms with Gasteiger partial charge < -0.3 is 14.9 Å². The second-order valence-corrected chi connectivity index (χ2v) is 10.5. The second-order valence-electron chi connectivity index (χ2n) is 9.57. The molecule has 1 fully saturated rings. The number of nitrogens with zero attached hydrogens (tertiary/aromatic N) is 6. The van der Waals surface area contributed by atoms with Crippen LogP contribution in [-0.2, 0) is 0 Å². The number of rotatable bonds is 11. The molecule has 37 heavy (non-hydrogen) atoms. The molecule has 4 aromatic heterocycles. The van der Waals surface area contributed by atoms with Gasteiger partial charge in [-0.3, -0.25) is 4.79 Å². The van der Waals surface area contributed by atoms with E-state index < -0.39 is 0 Å². The summed E-state index contributed by atoms with van der Waals surface area (Å²) in [5.41, 5.74) is 3.68. The zero-order valence-electron chi connectivity index (χ0n) is 21.7. The molecule has 0 spiro atoms. The number of hydrogen-bond acceptors (Lipinski definition) is 8. The molecule has 1 aliphatic rings. The maximum Gasteiger partial charge on any atom is 0.165 e. The fourth-order valence-electron chi connectivity index (χ4n) is 5.02. The van der Waals surface area contributed by atoms with Gasteiger partial charge in [-0.15, -0.1) is 11.3 Å². The van der Waals surface area contributed by atoms with Crippen molar-refractivity contribution in [2.75, 3.05) is 31.1 Å². The van der Waals surface area contributed by atoms with Crippen molar-refractivity contribution in [2.45, 2.75) is 52.1 Å². The van der Waals surface area contributed by atoms with E-state index in [1.807, 2.05) is 41.9 Å². The van der Waals surface area contributed by atoms with Gasteiger partial charge >= 0.3 is 0 Å². The first-order valence-corrected chi connectivity index (χ1v) is 14.0. The van der Waals surface area contributed by atoms with Crippen LogP contribution in [0.2, 0.25) is 0 Å². The third kappa shape index (κ3) is 5.16. The van der Waals surface area contributed by atoms with Crippen LogP contribution in [0, 0.1) is 0 Å². The molecule has 5 rings (SSSR count). The van der Waals surface area contributed by atoms with Crippen LogP contribution in [0.3, 0.4) is 0 Å². The number of Topliss-reactive ketones (excluding diaryl/α,β-unsaturated/α-hetero) is 1. The van der Waals surface area contributed by atoms with Crippen molar-refractivity contribution >= 4 is 28.6 Å². The summed E-state index contributed by atoms with van der Waals surface area (Å²) < 4.78 is 1.74. The number of fused-ring (bicyclic) bond motifs is 1. The topological polar surface area (TPSA) is 86.9 Å². The normalized spacial score (nSPS) is 16.4. The number of carbonyl (C=O) groups is 1. The van der Waals surface area contributed by atoms with Gasteiger partial charge in [0.25, 0.3) is 0 Å². The quantitative estimate of drug-likeness (QED) is 0.286. The van der Waals surface area contributed by atoms with Crippen LogP contribution < -0.4 is 4.90 Å². The van der Waals surface area contributed by atoms with Crippen LogP contribution in [0.4, 0.5) is 5.82 Å². The molecule has 4 aromatic rings. The van der Waals surface area contributed by atoms with E-state index in [1.54, 1.807) is 22.0 Å². The number of pyridine rings is 1. The highest BCUT2D eigenvalue weighted by Gasteiger charge is 2.29. The predicted molar refractivity (Wildman–Crippen MR) is 148 cm³/mol. The smallest absolute Gasteiger partial charge is 0.165 e. The van der Waals surface area contributed by atoms with E-state index in [-0.39, 0.29) is 18.4 Å². The average Bonchev–Trinajstić information content (AvgIpc) is 3.57. The molecule has 194 valence electrons. The van der Waals surface area contributed by atoms with Gasteiger partial charge in [-0.25, -0.2) is 14.5 Å². The number of thiophene rings is 1. The van der Waals surface area contributed by atoms with Crippen molar-refractivity contribution in [2.24, 2.45) is 0 Å². The lowest BCUT2D eigenvalue weighted by Crippen LogP contribution is -2.50. The highest BCUT2D eigenvalue weighted by atomic mass is 32.1. The summed E-state index contributed by atoms with van der Waals surface area (Å²) >= 11 is 1.64. The van der Waals surface area contributed by atoms with E-state index in [1.165, 1.54) is 0 Å². The highest BCUT2D eigenvalue weighted by Crippen LogP contribution is 2.32. The lowest BCUT2D eigenvalue weighted by atomic mass is 10.00. The molecule has 0 unspecified atom stereocenters. The Kier molecular flexibility index (Phi) is 7.64. The summed E-state index contributed by atoms with van der Waals surface area (Å²) in [7, 11) is 0. The summed E-state index contributed by atoms with van der Waals surface area (Å²) in [5, 5.41) is 16.3. The van der Waals surface area contributed by atoms with Crippen molar-refractivity contribution in [1.29, 1.82) is 0 Å². The Labute approximate surface area is 221 Å². The predicted octanol–water partition coefficient (Wildman–Crippen LogP) is 4.78. The maximum absolute atomic E-state index is 13.4. The summed E-state index contributed by atoms with van der Waals surface area (Å²) in [5.74, 6) is 0.824. The van der Waals surface area contributed by atoms with Gasteiger partial charge in [-0.1, -0.05) is 19.9 Å². The molecule has 1 N–H and O–H groups in total. The summed E-state index contributed by atoms with van der Waals surface area (Å²) in [6.45, 7) is 9.32. The molecule has 0 radical (unpaired) electrons. The molecular formula is C28H34N6O2S. The Balaban J connectivity index is 1.51. The van der Waals surface area contributed by atoms with Gasteiger partial charge in [0.05, 0.1) is 40.7 Å². The minimum atomic E-state index is 0.0286. The zero-order chi connectivity index (χ0) is 25.9. The van der Waals surface area contributed by atoms with Crippen molar-refractivity contribution in [3.05, 3.63) is 53.7 Å². The lowest BCUT2D eigenvalue weighted by molar-refractivity contribution is 0.0964. The van der Waals surface area contributed by atoms with Crippen LogP contribution in [0.1, 0.15) is 50.4 Å². The van der Waals surface area contributed by atoms with Gasteiger partial charge in [0, 0.05) is 30.8 Å². The molecule has 2 atom stereocenters. The first kappa shape index (κ1) is 25.5. The third-order valence-electron chi connectivity index (χ3n) is 7.43. The van der Waals surface area contributed by atoms with Crippen LogP contribution in [0.5, 0.6) is 0 Å². The van der Waals surface area contributed by atoms with Gasteiger partial charge in [0.2, 0.25) is 0 Å². The minimum Gasteiger partial charge on any atom is -0.394 e. The van der Waals surface area contributed by atoms with Crippen LogP contribution >= 0.6 is 11.3 Å². The fraction of sp³-hybridized carbons (Fsp3) is 0.429. The second kappa shape index (κ2) is 11.1. The number of aliphatic hydroxyl groups is 1. The largest absolute Gasteiger partial charge is 0.394 e. The molecule has 9 heteroatoms. The van der Waals surface area contributed by atoms with Gasteiger partial charge in [-0.2, -0.15) is 5.10 Å². The first-order valence-electron chi connectivity index (χ1n) is 13.1. The van der Waals surface area contributed by atoms with Crippen molar-refractivity contribution in [1.82, 2.24) is 24.5 Å². The Morgan fingerprint density at radius 2 is 2.05 bits per heavy atom. The van der Waals surface area contributed by atoms with Gasteiger partial charge in [0.1, 0.15) is 5.82 Å². The van der Waals surface area contributed by atoms with Gasteiger partial charge in [0.15, 0.2) is 11.4 Å². The SMILES string of the molecule is CCN(CC)[C@@H](C)CCC(=O)c1cc(-c2cnn3ccc(-c4cccs4)nc23)nc(N2CC[C@@H]2CO)c1. The molecule has 8 nitrogen and oxygen atoms in total. The molecular weight excluding hydrogens is 484 g/mol. The standard InChI is InChI=1S/C28H34N6O2S/c1-4-32(5-2)19(3)8-9-25(36)20-15-24(30-27(16-20)33-12-10-21(33)18-35)22-17-29-34-13-11-23(31-28(22)34)26-7-6-14-37-26/h6-7,11,13-17,19,21,35H,4-5,8-10,12,18H2,1-3H3/t19-,21+/m0/s1. The molecule has 0 aromatic carbocycles. The highest BCUT2D eigenvalue weighted by molar-refractivity contribution is 7.13. The number of ketones is 1. The maximum atomic E-state index is 13.4. The van der Waals surface area contributed by atoms with Crippen molar-refractivity contribution in [3.63, 3.8) is 0 Å². The number of aliphatic hydroxyl groups excluding tert-OH is 1. The molecule has 0 amide bonds. The molecule has 1 saturated heterocycles. The summed E-state index contributed by atoms with van der Waals surface area (Å²) in [6.07, 6.45) is 5.86. The van der Waals surface area contributed by atoms with E-state index in [4.69, 9.17) is 9.97 Å². The first-order chi connectivity index (χ1) is 18.0. The Morgan fingerprint density at radius 3 is 2.73 bits per heavy atom. The molecule has 5 heterocycles. The van der Waals surface area contributed by atoms with E-state index in [2.05, 4.69) is 35.7 Å². The van der Waals surface area contributed by atoms with E-state index in [0.29, 0.717) is 29.4 Å². The lowest BCUT2D eigenvalue weighted by Gasteiger charge is -2.41. The Hall–Kier alpha value is -3.14. The summed E-state index contributed by atoms with van der Waals surface area (Å²) in [6, 6.07) is 10.1. The number of anilines is 1. The monoisotopic (exact) mass is 518 g/mol. The van der Waals surface area contributed by atoms with E-state index in [9.17, 15) is 9.90 Å². The van der Waals surface area contributed by atoms with Crippen LogP contribution in [0.25, 0.3) is 27.5 Å². The Morgan fingerprint density at radius 1 is 1.22 bits per heavy atom. The van der Waals surface area contributed by atoms with E-state index in [0.717, 1.165) is 54.4 Å². The fourth-order valence-corrected chi connectivity index (χ4v) is 5.71. The third-order valence-corrected chi connectivity index (χ3v) is 8.32. The zero-order valence-corrected chi connectivity index (χ0v) is 22.5. The van der Waals surface area contributed by atoms with E-state index >= 15 is 0 Å². The minimum absolute atomic E-state index is 0.0286. The van der Waals surface area contributed by atoms with Crippen molar-refractivity contribution < 1.29 is 9.90 Å². The molecule has 1 aliphatic heterocycles. The average molecular weight is 519 g/mol. The number of aromatic nitrogens is 4.